The average Bonchev–Trinajstić information content (AvgIpc) is 3.78. The molecular weight excluding hydrogens is 807 g/mol. The molecule has 3 aliphatic carbocycles. The number of para-hydroxylation sites is 1. The highest BCUT2D eigenvalue weighted by Crippen LogP contribution is 2.60. The highest BCUT2D eigenvalue weighted by Gasteiger charge is 2.47. The Labute approximate surface area is 397 Å². The normalized spacial score (nSPS) is 16.3. The Balaban J connectivity index is 1.14. The quantitative estimate of drug-likeness (QED) is 0.154. The van der Waals surface area contributed by atoms with Gasteiger partial charge in [0.1, 0.15) is 0 Å². The zero-order chi connectivity index (χ0) is 45.7. The summed E-state index contributed by atoms with van der Waals surface area (Å²) < 4.78 is 0. The predicted octanol–water partition coefficient (Wildman–Crippen LogP) is 17.5. The van der Waals surface area contributed by atoms with Crippen LogP contribution in [0.25, 0.3) is 44.5 Å². The molecule has 0 fully saturated rings. The second kappa shape index (κ2) is 15.2. The molecule has 0 spiro atoms. The predicted molar refractivity (Wildman–Crippen MR) is 282 cm³/mol. The first kappa shape index (κ1) is 41.2. The van der Waals surface area contributed by atoms with Gasteiger partial charge >= 0.3 is 0 Å². The summed E-state index contributed by atoms with van der Waals surface area (Å²) in [5.41, 5.74) is 24.0. The fourth-order valence-electron chi connectivity index (χ4n) is 12.5. The largest absolute Gasteiger partial charge is 0.310 e. The van der Waals surface area contributed by atoms with Crippen molar-refractivity contribution in [1.29, 1.82) is 0 Å². The lowest BCUT2D eigenvalue weighted by Gasteiger charge is -2.43. The first-order valence-corrected chi connectivity index (χ1v) is 24.2. The molecular formula is C66H57N. The molecule has 0 unspecified atom stereocenters. The number of rotatable bonds is 7. The Morgan fingerprint density at radius 3 is 1.49 bits per heavy atom. The van der Waals surface area contributed by atoms with E-state index in [1.165, 1.54) is 102 Å². The van der Waals surface area contributed by atoms with Crippen LogP contribution in [0, 0.1) is 0 Å². The van der Waals surface area contributed by atoms with Crippen LogP contribution in [0.15, 0.2) is 212 Å². The third-order valence-corrected chi connectivity index (χ3v) is 16.0. The van der Waals surface area contributed by atoms with E-state index in [-0.39, 0.29) is 16.2 Å². The summed E-state index contributed by atoms with van der Waals surface area (Å²) in [6.07, 6.45) is 2.37. The van der Waals surface area contributed by atoms with Gasteiger partial charge in [-0.2, -0.15) is 0 Å². The summed E-state index contributed by atoms with van der Waals surface area (Å²) in [4.78, 5) is 2.53. The Bertz CT molecular complexity index is 3310. The lowest BCUT2D eigenvalue weighted by atomic mass is 9.61. The lowest BCUT2D eigenvalue weighted by Crippen LogP contribution is -2.34. The van der Waals surface area contributed by atoms with Crippen LogP contribution in [0.2, 0.25) is 0 Å². The molecule has 12 rings (SSSR count). The first-order valence-electron chi connectivity index (χ1n) is 24.2. The number of fused-ring (bicyclic) bond motifs is 7. The van der Waals surface area contributed by atoms with Crippen LogP contribution in [-0.4, -0.2) is 0 Å². The zero-order valence-corrected chi connectivity index (χ0v) is 39.6. The summed E-state index contributed by atoms with van der Waals surface area (Å²) in [6, 6.07) is 80.3. The van der Waals surface area contributed by atoms with Crippen molar-refractivity contribution in [2.75, 3.05) is 4.90 Å². The number of nitrogens with zero attached hydrogens (tertiary/aromatic N) is 1. The molecule has 0 amide bonds. The summed E-state index contributed by atoms with van der Waals surface area (Å²) in [7, 11) is 0. The van der Waals surface area contributed by atoms with Gasteiger partial charge in [0, 0.05) is 22.4 Å². The molecule has 1 nitrogen and oxygen atoms in total. The number of anilines is 3. The van der Waals surface area contributed by atoms with Crippen molar-refractivity contribution in [2.45, 2.75) is 76.0 Å². The molecule has 3 aliphatic rings. The number of benzene rings is 9. The topological polar surface area (TPSA) is 3.24 Å². The van der Waals surface area contributed by atoms with E-state index in [0.29, 0.717) is 0 Å². The van der Waals surface area contributed by atoms with E-state index in [1.807, 2.05) is 0 Å². The molecule has 1 heteroatoms. The van der Waals surface area contributed by atoms with Gasteiger partial charge in [0.15, 0.2) is 0 Å². The van der Waals surface area contributed by atoms with Gasteiger partial charge in [-0.3, -0.25) is 0 Å². The molecule has 0 heterocycles. The minimum Gasteiger partial charge on any atom is -0.310 e. The first-order chi connectivity index (χ1) is 32.5. The molecule has 326 valence electrons. The van der Waals surface area contributed by atoms with Crippen molar-refractivity contribution in [2.24, 2.45) is 0 Å². The van der Waals surface area contributed by atoms with Gasteiger partial charge in [0.2, 0.25) is 0 Å². The molecule has 0 saturated heterocycles. The van der Waals surface area contributed by atoms with Gasteiger partial charge < -0.3 is 4.90 Å². The van der Waals surface area contributed by atoms with Crippen LogP contribution >= 0.6 is 0 Å². The van der Waals surface area contributed by atoms with E-state index in [4.69, 9.17) is 0 Å². The van der Waals surface area contributed by atoms with Crippen molar-refractivity contribution < 1.29 is 0 Å². The maximum absolute atomic E-state index is 2.55. The SMILES string of the molecule is CC1(C)CCC(C)(C)c2c(-c3ccc(-c4cc5c(cc4N(c4ccccc4)c4ccc6c(c4)C(C)(C)c4ccccc4-6)C(c4ccccc4)(c4ccccc4)c4ccccc4-5)cc3)cccc21. The molecule has 0 radical (unpaired) electrons. The summed E-state index contributed by atoms with van der Waals surface area (Å²) in [5.74, 6) is 0. The van der Waals surface area contributed by atoms with E-state index in [0.717, 1.165) is 17.1 Å². The van der Waals surface area contributed by atoms with Crippen molar-refractivity contribution in [3.8, 4) is 44.5 Å². The van der Waals surface area contributed by atoms with Crippen LogP contribution in [0.3, 0.4) is 0 Å². The summed E-state index contributed by atoms with van der Waals surface area (Å²) in [5, 5.41) is 0. The third kappa shape index (κ3) is 6.20. The van der Waals surface area contributed by atoms with E-state index in [1.54, 1.807) is 0 Å². The zero-order valence-electron chi connectivity index (χ0n) is 39.6. The average molecular weight is 864 g/mol. The standard InChI is InChI=1S/C66H57N/c1-63(2)39-40-64(3,4)62-50(29-20-32-58(62)63)44-33-35-45(36-34-44)54-42-55-52-28-17-19-31-57(52)66(46-21-10-7-11-22-46,47-23-12-8-13-24-47)60(55)43-61(54)67(48-25-14-9-15-26-48)49-37-38-53-51-27-16-18-30-56(51)65(5,6)59(53)41-49/h7-38,41-43H,39-40H2,1-6H3. The molecule has 0 bridgehead atoms. The molecule has 0 N–H and O–H groups in total. The molecule has 67 heavy (non-hydrogen) atoms. The van der Waals surface area contributed by atoms with E-state index in [2.05, 4.69) is 259 Å². The van der Waals surface area contributed by atoms with Crippen LogP contribution in [-0.2, 0) is 21.7 Å². The van der Waals surface area contributed by atoms with Gasteiger partial charge in [-0.05, 0) is 144 Å². The number of hydrogen-bond donors (Lipinski definition) is 0. The third-order valence-electron chi connectivity index (χ3n) is 16.0. The van der Waals surface area contributed by atoms with E-state index in [9.17, 15) is 0 Å². The Morgan fingerprint density at radius 2 is 0.836 bits per heavy atom. The maximum Gasteiger partial charge on any atom is 0.0714 e. The van der Waals surface area contributed by atoms with Crippen LogP contribution in [0.4, 0.5) is 17.1 Å². The van der Waals surface area contributed by atoms with Crippen molar-refractivity contribution in [3.05, 3.63) is 257 Å². The molecule has 0 aliphatic heterocycles. The minimum atomic E-state index is -0.553. The fourth-order valence-corrected chi connectivity index (χ4v) is 12.5. The molecule has 9 aromatic rings. The molecule has 0 atom stereocenters. The van der Waals surface area contributed by atoms with Crippen molar-refractivity contribution in [3.63, 3.8) is 0 Å². The fraction of sp³-hybridized carbons (Fsp3) is 0.182. The van der Waals surface area contributed by atoms with Crippen LogP contribution < -0.4 is 4.90 Å². The lowest BCUT2D eigenvalue weighted by molar-refractivity contribution is 0.333. The van der Waals surface area contributed by atoms with Crippen LogP contribution in [0.5, 0.6) is 0 Å². The van der Waals surface area contributed by atoms with Crippen LogP contribution in [0.1, 0.15) is 98.9 Å². The van der Waals surface area contributed by atoms with E-state index >= 15 is 0 Å². The highest BCUT2D eigenvalue weighted by atomic mass is 15.1. The molecule has 0 saturated carbocycles. The van der Waals surface area contributed by atoms with Gasteiger partial charge in [-0.15, -0.1) is 0 Å². The summed E-state index contributed by atoms with van der Waals surface area (Å²) in [6.45, 7) is 14.5. The Kier molecular flexibility index (Phi) is 9.33. The molecule has 0 aromatic heterocycles. The Morgan fingerprint density at radius 1 is 0.328 bits per heavy atom. The summed E-state index contributed by atoms with van der Waals surface area (Å²) >= 11 is 0. The Hall–Kier alpha value is -7.22. The monoisotopic (exact) mass is 863 g/mol. The second-order valence-electron chi connectivity index (χ2n) is 21.1. The molecule has 9 aromatic carbocycles. The van der Waals surface area contributed by atoms with Gasteiger partial charge in [0.25, 0.3) is 0 Å². The van der Waals surface area contributed by atoms with Gasteiger partial charge in [-0.25, -0.2) is 0 Å². The van der Waals surface area contributed by atoms with Crippen molar-refractivity contribution in [1.82, 2.24) is 0 Å². The highest BCUT2D eigenvalue weighted by molar-refractivity contribution is 5.97. The smallest absolute Gasteiger partial charge is 0.0714 e. The van der Waals surface area contributed by atoms with Crippen molar-refractivity contribution >= 4 is 17.1 Å². The maximum atomic E-state index is 2.55. The van der Waals surface area contributed by atoms with Gasteiger partial charge in [0.05, 0.1) is 11.1 Å². The second-order valence-corrected chi connectivity index (χ2v) is 21.1. The van der Waals surface area contributed by atoms with Gasteiger partial charge in [-0.1, -0.05) is 217 Å². The number of hydrogen-bond acceptors (Lipinski definition) is 1. The van der Waals surface area contributed by atoms with E-state index < -0.39 is 5.41 Å². The minimum absolute atomic E-state index is 0.0899.